The predicted octanol–water partition coefficient (Wildman–Crippen LogP) is -6.42. The van der Waals surface area contributed by atoms with E-state index in [0.717, 1.165) is 0 Å². The van der Waals surface area contributed by atoms with Crippen molar-refractivity contribution in [2.45, 2.75) is 106 Å². The Bertz CT molecular complexity index is 780. The minimum atomic E-state index is -1.81. The van der Waals surface area contributed by atoms with E-state index in [9.17, 15) is 45.6 Å². The van der Waals surface area contributed by atoms with Crippen molar-refractivity contribution in [3.05, 3.63) is 0 Å². The molecule has 3 fully saturated rings. The number of hydrogen-bond acceptors (Lipinski definition) is 16. The molecule has 0 bridgehead atoms. The number of amides is 1. The molecular weight excluding hydrogens is 532 g/mol. The van der Waals surface area contributed by atoms with Crippen molar-refractivity contribution in [3.63, 3.8) is 0 Å². The SMILES string of the molecule is CC(=O)NC1C(O[C@@H]2OC(C)[C@H](O[C@H]3OC(CO)[C@@H](O)C(O)C3O)C(O)C2O)[C@H](O)C(CO)O[C@H]1OCCN. The summed E-state index contributed by atoms with van der Waals surface area (Å²) in [6, 6.07) is -1.14. The fraction of sp³-hybridized carbons (Fsp3) is 0.955. The van der Waals surface area contributed by atoms with Gasteiger partial charge in [-0.2, -0.15) is 0 Å². The largest absolute Gasteiger partial charge is 0.394 e. The van der Waals surface area contributed by atoms with Crippen LogP contribution in [0.25, 0.3) is 0 Å². The number of aliphatic hydroxyl groups is 8. The Morgan fingerprint density at radius 3 is 1.90 bits per heavy atom. The van der Waals surface area contributed by atoms with Crippen LogP contribution in [0.2, 0.25) is 0 Å². The van der Waals surface area contributed by atoms with Gasteiger partial charge in [-0.25, -0.2) is 0 Å². The molecule has 1 amide bonds. The Hall–Kier alpha value is -1.13. The summed E-state index contributed by atoms with van der Waals surface area (Å²) >= 11 is 0. The first-order valence-electron chi connectivity index (χ1n) is 12.6. The van der Waals surface area contributed by atoms with Gasteiger partial charge in [0, 0.05) is 13.5 Å². The summed E-state index contributed by atoms with van der Waals surface area (Å²) < 4.78 is 33.5. The van der Waals surface area contributed by atoms with Crippen molar-refractivity contribution in [2.75, 3.05) is 26.4 Å². The zero-order valence-corrected chi connectivity index (χ0v) is 21.5. The first-order valence-corrected chi connectivity index (χ1v) is 12.6. The van der Waals surface area contributed by atoms with E-state index in [0.29, 0.717) is 0 Å². The van der Waals surface area contributed by atoms with Crippen LogP contribution in [0.4, 0.5) is 0 Å². The van der Waals surface area contributed by atoms with Crippen LogP contribution in [0.5, 0.6) is 0 Å². The summed E-state index contributed by atoms with van der Waals surface area (Å²) in [5.74, 6) is -0.528. The van der Waals surface area contributed by atoms with Gasteiger partial charge in [-0.3, -0.25) is 4.79 Å². The Balaban J connectivity index is 1.75. The lowest BCUT2D eigenvalue weighted by atomic mass is 9.95. The summed E-state index contributed by atoms with van der Waals surface area (Å²) in [4.78, 5) is 11.9. The normalized spacial score (nSPS) is 47.1. The topological polar surface area (TPSA) is 272 Å². The maximum atomic E-state index is 11.9. The summed E-state index contributed by atoms with van der Waals surface area (Å²) in [6.07, 6.45) is -20.8. The van der Waals surface area contributed by atoms with E-state index < -0.39 is 111 Å². The number of rotatable bonds is 10. The predicted molar refractivity (Wildman–Crippen MR) is 124 cm³/mol. The van der Waals surface area contributed by atoms with E-state index in [4.69, 9.17) is 34.2 Å². The molecule has 39 heavy (non-hydrogen) atoms. The van der Waals surface area contributed by atoms with E-state index in [1.165, 1.54) is 13.8 Å². The van der Waals surface area contributed by atoms with Gasteiger partial charge in [0.15, 0.2) is 18.9 Å². The Labute approximate surface area is 223 Å². The van der Waals surface area contributed by atoms with Crippen LogP contribution in [-0.2, 0) is 33.2 Å². The van der Waals surface area contributed by atoms with Gasteiger partial charge in [0.1, 0.15) is 67.1 Å². The molecule has 17 heteroatoms. The van der Waals surface area contributed by atoms with Gasteiger partial charge in [-0.05, 0) is 6.92 Å². The van der Waals surface area contributed by atoms with Crippen molar-refractivity contribution in [1.82, 2.24) is 5.32 Å². The molecule has 0 aromatic heterocycles. The molecule has 0 aromatic rings. The lowest BCUT2D eigenvalue weighted by molar-refractivity contribution is -0.369. The van der Waals surface area contributed by atoms with E-state index in [-0.39, 0.29) is 13.2 Å². The minimum Gasteiger partial charge on any atom is -0.394 e. The van der Waals surface area contributed by atoms with E-state index in [2.05, 4.69) is 5.32 Å². The molecule has 3 aliphatic rings. The highest BCUT2D eigenvalue weighted by atomic mass is 16.7. The Kier molecular flexibility index (Phi) is 11.8. The number of hydrogen-bond donors (Lipinski definition) is 10. The van der Waals surface area contributed by atoms with E-state index >= 15 is 0 Å². The molecule has 0 saturated carbocycles. The number of nitrogens with one attached hydrogen (secondary N) is 1. The summed E-state index contributed by atoms with van der Waals surface area (Å²) in [7, 11) is 0. The lowest BCUT2D eigenvalue weighted by Crippen LogP contribution is -2.68. The van der Waals surface area contributed by atoms with E-state index in [1.807, 2.05) is 0 Å². The van der Waals surface area contributed by atoms with Crippen LogP contribution in [0, 0.1) is 0 Å². The Morgan fingerprint density at radius 2 is 1.31 bits per heavy atom. The van der Waals surface area contributed by atoms with Crippen LogP contribution in [-0.4, -0.2) is 165 Å². The minimum absolute atomic E-state index is 0.0109. The highest BCUT2D eigenvalue weighted by Gasteiger charge is 2.53. The summed E-state index contributed by atoms with van der Waals surface area (Å²) in [5, 5.41) is 84.3. The molecule has 228 valence electrons. The van der Waals surface area contributed by atoms with Crippen LogP contribution >= 0.6 is 0 Å². The average Bonchev–Trinajstić information content (AvgIpc) is 2.90. The maximum Gasteiger partial charge on any atom is 0.217 e. The molecular formula is C22H40N2O15. The molecule has 11 N–H and O–H groups in total. The molecule has 3 heterocycles. The number of carbonyl (C=O) groups is 1. The highest BCUT2D eigenvalue weighted by Crippen LogP contribution is 2.32. The molecule has 15 atom stereocenters. The fourth-order valence-electron chi connectivity index (χ4n) is 4.74. The van der Waals surface area contributed by atoms with Gasteiger partial charge in [0.05, 0.1) is 25.9 Å². The number of carbonyl (C=O) groups excluding carboxylic acids is 1. The third kappa shape index (κ3) is 7.21. The number of aliphatic hydroxyl groups excluding tert-OH is 8. The van der Waals surface area contributed by atoms with Crippen molar-refractivity contribution in [2.24, 2.45) is 5.73 Å². The second kappa shape index (κ2) is 14.2. The van der Waals surface area contributed by atoms with Crippen molar-refractivity contribution in [3.8, 4) is 0 Å². The van der Waals surface area contributed by atoms with Crippen LogP contribution in [0.1, 0.15) is 13.8 Å². The first kappa shape index (κ1) is 32.4. The van der Waals surface area contributed by atoms with Crippen molar-refractivity contribution < 1.29 is 74.1 Å². The highest BCUT2D eigenvalue weighted by molar-refractivity contribution is 5.73. The summed E-state index contributed by atoms with van der Waals surface area (Å²) in [5.41, 5.74) is 5.48. The monoisotopic (exact) mass is 572 g/mol. The molecule has 17 nitrogen and oxygen atoms in total. The van der Waals surface area contributed by atoms with Crippen molar-refractivity contribution in [1.29, 1.82) is 0 Å². The molecule has 3 aliphatic heterocycles. The molecule has 3 rings (SSSR count). The number of nitrogens with two attached hydrogens (primary N) is 1. The molecule has 0 aromatic carbocycles. The smallest absolute Gasteiger partial charge is 0.217 e. The molecule has 9 unspecified atom stereocenters. The Morgan fingerprint density at radius 1 is 0.769 bits per heavy atom. The van der Waals surface area contributed by atoms with Gasteiger partial charge < -0.3 is 80.3 Å². The van der Waals surface area contributed by atoms with E-state index in [1.54, 1.807) is 0 Å². The standard InChI is InChI=1S/C22H40N2O15/c1-7-18(38-22-16(32)14(30)12(28)9(5-25)37-22)15(31)17(33)21(35-7)39-19-11(24-8(2)27)20(34-4-3-23)36-10(6-26)13(19)29/h7,9-22,25-26,28-33H,3-6,23H2,1-2H3,(H,24,27)/t7?,9?,10?,11?,12-,13-,14?,15?,16?,17?,18+,19?,20-,21+,22-/m1/s1. The third-order valence-electron chi connectivity index (χ3n) is 6.83. The summed E-state index contributed by atoms with van der Waals surface area (Å²) in [6.45, 7) is 1.43. The van der Waals surface area contributed by atoms with Crippen LogP contribution < -0.4 is 11.1 Å². The first-order chi connectivity index (χ1) is 18.4. The van der Waals surface area contributed by atoms with Gasteiger partial charge in [0.2, 0.25) is 5.91 Å². The fourth-order valence-corrected chi connectivity index (χ4v) is 4.74. The van der Waals surface area contributed by atoms with Crippen molar-refractivity contribution >= 4 is 5.91 Å². The lowest BCUT2D eigenvalue weighted by Gasteiger charge is -2.48. The zero-order valence-electron chi connectivity index (χ0n) is 21.5. The molecule has 0 aliphatic carbocycles. The quantitative estimate of drug-likeness (QED) is 0.116. The average molecular weight is 573 g/mol. The van der Waals surface area contributed by atoms with Crippen LogP contribution in [0.15, 0.2) is 0 Å². The third-order valence-corrected chi connectivity index (χ3v) is 6.83. The number of ether oxygens (including phenoxy) is 6. The second-order valence-corrected chi connectivity index (χ2v) is 9.69. The molecule has 3 saturated heterocycles. The second-order valence-electron chi connectivity index (χ2n) is 9.69. The maximum absolute atomic E-state index is 11.9. The zero-order chi connectivity index (χ0) is 29.0. The van der Waals surface area contributed by atoms with Gasteiger partial charge in [-0.15, -0.1) is 0 Å². The van der Waals surface area contributed by atoms with Gasteiger partial charge >= 0.3 is 0 Å². The molecule has 0 radical (unpaired) electrons. The van der Waals surface area contributed by atoms with Gasteiger partial charge in [0.25, 0.3) is 0 Å². The van der Waals surface area contributed by atoms with Gasteiger partial charge in [-0.1, -0.05) is 0 Å². The van der Waals surface area contributed by atoms with Crippen LogP contribution in [0.3, 0.4) is 0 Å². The molecule has 0 spiro atoms.